The van der Waals surface area contributed by atoms with Gasteiger partial charge in [-0.05, 0) is 42.5 Å². The van der Waals surface area contributed by atoms with E-state index in [2.05, 4.69) is 10.2 Å². The predicted octanol–water partition coefficient (Wildman–Crippen LogP) is 4.47. The van der Waals surface area contributed by atoms with Gasteiger partial charge in [0.2, 0.25) is 0 Å². The van der Waals surface area contributed by atoms with Gasteiger partial charge in [-0.2, -0.15) is 0 Å². The Morgan fingerprint density at radius 3 is 2.31 bits per heavy atom. The van der Waals surface area contributed by atoms with Crippen LogP contribution in [0.5, 0.6) is 5.75 Å². The summed E-state index contributed by atoms with van der Waals surface area (Å²) in [4.78, 5) is 39.8. The Balaban J connectivity index is 1.40. The minimum Gasteiger partial charge on any atom is -0.490 e. The van der Waals surface area contributed by atoms with Gasteiger partial charge < -0.3 is 19.9 Å². The van der Waals surface area contributed by atoms with E-state index in [1.807, 2.05) is 41.3 Å². The van der Waals surface area contributed by atoms with Crippen LogP contribution in [0, 0.1) is 10.1 Å². The number of nitro benzene ring substituents is 1. The number of methoxy groups -OCH3 is 1. The van der Waals surface area contributed by atoms with Gasteiger partial charge in [0.15, 0.2) is 5.75 Å². The number of rotatable bonds is 6. The summed E-state index contributed by atoms with van der Waals surface area (Å²) >= 11 is 6.51. The number of anilines is 2. The van der Waals surface area contributed by atoms with Crippen molar-refractivity contribution in [2.45, 2.75) is 0 Å². The third kappa shape index (κ3) is 5.36. The number of nitrogens with zero attached hydrogens (tertiary/aromatic N) is 3. The lowest BCUT2D eigenvalue weighted by atomic mass is 10.1. The van der Waals surface area contributed by atoms with E-state index in [1.54, 1.807) is 12.1 Å². The summed E-state index contributed by atoms with van der Waals surface area (Å²) in [6.45, 7) is 2.39. The van der Waals surface area contributed by atoms with Crippen molar-refractivity contribution in [1.29, 1.82) is 0 Å². The van der Waals surface area contributed by atoms with Crippen LogP contribution in [0.1, 0.15) is 20.7 Å². The molecule has 180 valence electrons. The molecule has 1 aliphatic heterocycles. The Morgan fingerprint density at radius 1 is 0.971 bits per heavy atom. The van der Waals surface area contributed by atoms with Gasteiger partial charge in [0, 0.05) is 49.1 Å². The molecule has 10 heteroatoms. The molecule has 0 saturated carbocycles. The Bertz CT molecular complexity index is 1260. The van der Waals surface area contributed by atoms with E-state index >= 15 is 0 Å². The van der Waals surface area contributed by atoms with Crippen LogP contribution in [0.15, 0.2) is 66.7 Å². The molecule has 1 fully saturated rings. The fourth-order valence-corrected chi connectivity index (χ4v) is 4.23. The molecule has 4 rings (SSSR count). The van der Waals surface area contributed by atoms with E-state index in [4.69, 9.17) is 16.3 Å². The van der Waals surface area contributed by atoms with Gasteiger partial charge in [-0.15, -0.1) is 0 Å². The third-order valence-electron chi connectivity index (χ3n) is 5.77. The van der Waals surface area contributed by atoms with E-state index in [0.717, 1.165) is 5.69 Å². The van der Waals surface area contributed by atoms with Crippen LogP contribution in [0.3, 0.4) is 0 Å². The monoisotopic (exact) mass is 494 g/mol. The van der Waals surface area contributed by atoms with Crippen molar-refractivity contribution >= 4 is 40.5 Å². The number of hydrogen-bond acceptors (Lipinski definition) is 6. The molecule has 1 saturated heterocycles. The molecule has 9 nitrogen and oxygen atoms in total. The van der Waals surface area contributed by atoms with Crippen LogP contribution < -0.4 is 15.0 Å². The molecule has 0 unspecified atom stereocenters. The first-order valence-corrected chi connectivity index (χ1v) is 11.3. The van der Waals surface area contributed by atoms with Gasteiger partial charge in [-0.3, -0.25) is 19.7 Å². The van der Waals surface area contributed by atoms with Crippen molar-refractivity contribution in [1.82, 2.24) is 4.90 Å². The lowest BCUT2D eigenvalue weighted by Gasteiger charge is -2.36. The van der Waals surface area contributed by atoms with Crippen LogP contribution >= 0.6 is 11.6 Å². The lowest BCUT2D eigenvalue weighted by molar-refractivity contribution is -0.385. The molecule has 3 aromatic carbocycles. The van der Waals surface area contributed by atoms with Crippen molar-refractivity contribution in [3.63, 3.8) is 0 Å². The molecular formula is C25H23ClN4O5. The van der Waals surface area contributed by atoms with Crippen molar-refractivity contribution in [3.05, 3.63) is 93.0 Å². The summed E-state index contributed by atoms with van der Waals surface area (Å²) in [7, 11) is 1.33. The van der Waals surface area contributed by atoms with Crippen molar-refractivity contribution < 1.29 is 19.2 Å². The highest BCUT2D eigenvalue weighted by Crippen LogP contribution is 2.31. The number of nitrogens with one attached hydrogen (secondary N) is 1. The molecule has 0 atom stereocenters. The fourth-order valence-electron chi connectivity index (χ4n) is 3.93. The molecule has 1 heterocycles. The summed E-state index contributed by atoms with van der Waals surface area (Å²) in [6.07, 6.45) is 0. The van der Waals surface area contributed by atoms with Crippen molar-refractivity contribution in [2.24, 2.45) is 0 Å². The Hall–Kier alpha value is -4.11. The molecule has 1 aliphatic rings. The van der Waals surface area contributed by atoms with E-state index in [0.29, 0.717) is 42.5 Å². The van der Waals surface area contributed by atoms with E-state index < -0.39 is 10.8 Å². The average molecular weight is 495 g/mol. The first kappa shape index (κ1) is 24.0. The van der Waals surface area contributed by atoms with Gasteiger partial charge in [0.05, 0.1) is 22.7 Å². The van der Waals surface area contributed by atoms with E-state index in [-0.39, 0.29) is 22.9 Å². The van der Waals surface area contributed by atoms with Gasteiger partial charge in [0.25, 0.3) is 11.8 Å². The highest BCUT2D eigenvalue weighted by Gasteiger charge is 2.24. The molecule has 2 amide bonds. The SMILES string of the molecule is COc1ccc(C(=O)Nc2ccc(N3CCN(C(=O)c4ccccc4)CC3)c(Cl)c2)cc1[N+](=O)[O-]. The first-order chi connectivity index (χ1) is 16.9. The fraction of sp³-hybridized carbons (Fsp3) is 0.200. The standard InChI is InChI=1S/C25H23ClN4O5/c1-35-23-10-7-18(15-22(23)30(33)34)24(31)27-19-8-9-21(20(26)16-19)28-11-13-29(14-12-28)25(32)17-5-3-2-4-6-17/h2-10,15-16H,11-14H2,1H3,(H,27,31). The molecule has 0 aromatic heterocycles. The van der Waals surface area contributed by atoms with Gasteiger partial charge in [-0.1, -0.05) is 29.8 Å². The first-order valence-electron chi connectivity index (χ1n) is 10.9. The highest BCUT2D eigenvalue weighted by atomic mass is 35.5. The van der Waals surface area contributed by atoms with Crippen molar-refractivity contribution in [2.75, 3.05) is 43.5 Å². The Morgan fingerprint density at radius 2 is 1.69 bits per heavy atom. The number of carbonyl (C=O) groups is 2. The third-order valence-corrected chi connectivity index (χ3v) is 6.07. The van der Waals surface area contributed by atoms with Gasteiger partial charge in [-0.25, -0.2) is 0 Å². The predicted molar refractivity (Wildman–Crippen MR) is 134 cm³/mol. The quantitative estimate of drug-likeness (QED) is 0.400. The highest BCUT2D eigenvalue weighted by molar-refractivity contribution is 6.33. The minimum atomic E-state index is -0.603. The van der Waals surface area contributed by atoms with Crippen molar-refractivity contribution in [3.8, 4) is 5.75 Å². The number of carbonyl (C=O) groups excluding carboxylic acids is 2. The van der Waals surface area contributed by atoms with E-state index in [1.165, 1.54) is 25.3 Å². The number of hydrogen-bond donors (Lipinski definition) is 1. The summed E-state index contributed by atoms with van der Waals surface area (Å²) < 4.78 is 4.97. The number of nitro groups is 1. The number of ether oxygens (including phenoxy) is 1. The maximum atomic E-state index is 12.7. The molecule has 0 spiro atoms. The summed E-state index contributed by atoms with van der Waals surface area (Å²) in [5, 5.41) is 14.4. The lowest BCUT2D eigenvalue weighted by Crippen LogP contribution is -2.48. The zero-order valence-electron chi connectivity index (χ0n) is 18.9. The maximum Gasteiger partial charge on any atom is 0.311 e. The largest absolute Gasteiger partial charge is 0.490 e. The number of piperazine rings is 1. The smallest absolute Gasteiger partial charge is 0.311 e. The number of halogens is 1. The van der Waals surface area contributed by atoms with Crippen LogP contribution in [0.2, 0.25) is 5.02 Å². The maximum absolute atomic E-state index is 12.7. The average Bonchev–Trinajstić information content (AvgIpc) is 2.88. The summed E-state index contributed by atoms with van der Waals surface area (Å²) in [6, 6.07) is 18.4. The van der Waals surface area contributed by atoms with Crippen LogP contribution in [0.4, 0.5) is 17.1 Å². The van der Waals surface area contributed by atoms with Gasteiger partial charge >= 0.3 is 5.69 Å². The molecule has 0 radical (unpaired) electrons. The van der Waals surface area contributed by atoms with Gasteiger partial charge in [0.1, 0.15) is 0 Å². The van der Waals surface area contributed by atoms with Crippen LogP contribution in [0.25, 0.3) is 0 Å². The zero-order valence-corrected chi connectivity index (χ0v) is 19.7. The Kier molecular flexibility index (Phi) is 7.17. The molecule has 1 N–H and O–H groups in total. The van der Waals surface area contributed by atoms with E-state index in [9.17, 15) is 19.7 Å². The molecule has 0 aliphatic carbocycles. The second kappa shape index (κ2) is 10.4. The zero-order chi connectivity index (χ0) is 24.9. The molecular weight excluding hydrogens is 472 g/mol. The molecule has 35 heavy (non-hydrogen) atoms. The summed E-state index contributed by atoms with van der Waals surface area (Å²) in [5.74, 6) is -0.426. The minimum absolute atomic E-state index is 0.00757. The number of amides is 2. The van der Waals surface area contributed by atoms with Crippen LogP contribution in [-0.2, 0) is 0 Å². The topological polar surface area (TPSA) is 105 Å². The second-order valence-corrected chi connectivity index (χ2v) is 8.32. The van der Waals surface area contributed by atoms with Crippen LogP contribution in [-0.4, -0.2) is 54.9 Å². The molecule has 0 bridgehead atoms. The number of benzene rings is 3. The Labute approximate surface area is 207 Å². The normalized spacial score (nSPS) is 13.3. The second-order valence-electron chi connectivity index (χ2n) is 7.91. The summed E-state index contributed by atoms with van der Waals surface area (Å²) in [5.41, 5.74) is 1.76. The molecule has 3 aromatic rings.